The van der Waals surface area contributed by atoms with Gasteiger partial charge in [0.1, 0.15) is 5.82 Å². The van der Waals surface area contributed by atoms with E-state index in [1.165, 1.54) is 24.8 Å². The van der Waals surface area contributed by atoms with Crippen LogP contribution in [-0.4, -0.2) is 23.4 Å². The molecule has 0 unspecified atom stereocenters. The predicted octanol–water partition coefficient (Wildman–Crippen LogP) is 0.536. The van der Waals surface area contributed by atoms with Crippen LogP contribution >= 0.6 is 11.8 Å². The van der Waals surface area contributed by atoms with Crippen LogP contribution in [0.5, 0.6) is 0 Å². The Labute approximate surface area is 80.9 Å². The average molecular weight is 200 g/mol. The normalized spacial score (nSPS) is 10.2. The number of halogens is 1. The van der Waals surface area contributed by atoms with E-state index in [-0.39, 0.29) is 11.3 Å². The molecule has 0 amide bonds. The first kappa shape index (κ1) is 10.6. The van der Waals surface area contributed by atoms with Gasteiger partial charge >= 0.3 is 7.12 Å². The fourth-order valence-electron chi connectivity index (χ4n) is 1.11. The Kier molecular flexibility index (Phi) is 3.36. The van der Waals surface area contributed by atoms with Gasteiger partial charge in [-0.15, -0.1) is 11.8 Å². The first-order chi connectivity index (χ1) is 6.07. The molecule has 0 aliphatic rings. The Morgan fingerprint density at radius 3 is 2.46 bits per heavy atom. The zero-order chi connectivity index (χ0) is 10.0. The zero-order valence-corrected chi connectivity index (χ0v) is 8.23. The van der Waals surface area contributed by atoms with Crippen molar-refractivity contribution in [3.63, 3.8) is 0 Å². The summed E-state index contributed by atoms with van der Waals surface area (Å²) < 4.78 is 13.4. The van der Waals surface area contributed by atoms with Gasteiger partial charge in [-0.1, -0.05) is 6.07 Å². The monoisotopic (exact) mass is 200 g/mol. The summed E-state index contributed by atoms with van der Waals surface area (Å²) in [5.41, 5.74) is 0.511. The number of thioether (sulfide) groups is 1. The van der Waals surface area contributed by atoms with E-state index in [2.05, 4.69) is 0 Å². The van der Waals surface area contributed by atoms with Crippen molar-refractivity contribution in [2.24, 2.45) is 0 Å². The highest BCUT2D eigenvalue weighted by molar-refractivity contribution is 7.98. The van der Waals surface area contributed by atoms with Gasteiger partial charge in [0.25, 0.3) is 0 Å². The summed E-state index contributed by atoms with van der Waals surface area (Å²) in [4.78, 5) is 0.516. The van der Waals surface area contributed by atoms with Crippen LogP contribution in [0.15, 0.2) is 17.0 Å². The van der Waals surface area contributed by atoms with Crippen LogP contribution in [0.25, 0.3) is 0 Å². The maximum Gasteiger partial charge on any atom is 0.488 e. The van der Waals surface area contributed by atoms with Crippen molar-refractivity contribution in [2.45, 2.75) is 11.8 Å². The number of hydrogen-bond donors (Lipinski definition) is 2. The molecule has 2 nitrogen and oxygen atoms in total. The summed E-state index contributed by atoms with van der Waals surface area (Å²) in [5.74, 6) is -0.377. The molecule has 0 radical (unpaired) electrons. The molecule has 0 aromatic heterocycles. The molecule has 70 valence electrons. The molecule has 13 heavy (non-hydrogen) atoms. The Bertz CT molecular complexity index is 317. The summed E-state index contributed by atoms with van der Waals surface area (Å²) in [5, 5.41) is 17.7. The maximum absolute atomic E-state index is 13.4. The lowest BCUT2D eigenvalue weighted by Gasteiger charge is -2.08. The second-order valence-electron chi connectivity index (χ2n) is 2.67. The van der Waals surface area contributed by atoms with E-state index in [0.29, 0.717) is 10.5 Å². The second kappa shape index (κ2) is 4.13. The number of hydrogen-bond acceptors (Lipinski definition) is 3. The van der Waals surface area contributed by atoms with Crippen molar-refractivity contribution in [1.82, 2.24) is 0 Å². The van der Waals surface area contributed by atoms with Crippen molar-refractivity contribution in [2.75, 3.05) is 6.26 Å². The van der Waals surface area contributed by atoms with E-state index in [0.717, 1.165) is 0 Å². The van der Waals surface area contributed by atoms with Gasteiger partial charge < -0.3 is 10.0 Å². The molecule has 0 spiro atoms. The van der Waals surface area contributed by atoms with Crippen molar-refractivity contribution in [3.05, 3.63) is 23.5 Å². The van der Waals surface area contributed by atoms with Crippen molar-refractivity contribution < 1.29 is 14.4 Å². The third-order valence-electron chi connectivity index (χ3n) is 1.89. The highest BCUT2D eigenvalue weighted by Crippen LogP contribution is 2.20. The van der Waals surface area contributed by atoms with Gasteiger partial charge in [-0.25, -0.2) is 4.39 Å². The molecule has 0 heterocycles. The average Bonchev–Trinajstić information content (AvgIpc) is 2.09. The molecule has 1 rings (SSSR count). The molecular formula is C8H10BFO2S. The summed E-state index contributed by atoms with van der Waals surface area (Å²) in [7, 11) is -1.61. The van der Waals surface area contributed by atoms with E-state index in [1.807, 2.05) is 0 Å². The van der Waals surface area contributed by atoms with Gasteiger partial charge in [0.05, 0.1) is 0 Å². The molecule has 0 saturated heterocycles. The maximum atomic E-state index is 13.4. The second-order valence-corrected chi connectivity index (χ2v) is 3.52. The smallest absolute Gasteiger partial charge is 0.423 e. The lowest BCUT2D eigenvalue weighted by Crippen LogP contribution is -2.32. The molecule has 0 bridgehead atoms. The van der Waals surface area contributed by atoms with Gasteiger partial charge in [0, 0.05) is 4.90 Å². The van der Waals surface area contributed by atoms with Gasteiger partial charge in [0.2, 0.25) is 0 Å². The lowest BCUT2D eigenvalue weighted by molar-refractivity contribution is 0.425. The minimum absolute atomic E-state index is 0.218. The number of benzene rings is 1. The van der Waals surface area contributed by atoms with Crippen molar-refractivity contribution in [1.29, 1.82) is 0 Å². The van der Waals surface area contributed by atoms with Crippen LogP contribution in [0.1, 0.15) is 5.56 Å². The molecule has 1 aromatic rings. The van der Waals surface area contributed by atoms with Crippen LogP contribution in [0.3, 0.4) is 0 Å². The molecule has 0 aliphatic carbocycles. The van der Waals surface area contributed by atoms with E-state index < -0.39 is 7.12 Å². The minimum Gasteiger partial charge on any atom is -0.423 e. The number of rotatable bonds is 2. The lowest BCUT2D eigenvalue weighted by atomic mass is 9.77. The van der Waals surface area contributed by atoms with E-state index in [9.17, 15) is 4.39 Å². The molecule has 1 aromatic carbocycles. The molecule has 5 heteroatoms. The highest BCUT2D eigenvalue weighted by atomic mass is 32.2. The summed E-state index contributed by atoms with van der Waals surface area (Å²) in [6, 6.07) is 3.07. The minimum atomic E-state index is -1.61. The van der Waals surface area contributed by atoms with Gasteiger partial charge in [-0.2, -0.15) is 0 Å². The first-order valence-corrected chi connectivity index (χ1v) is 4.99. The molecule has 0 atom stereocenters. The van der Waals surface area contributed by atoms with Gasteiger partial charge in [0.15, 0.2) is 0 Å². The van der Waals surface area contributed by atoms with Crippen LogP contribution in [-0.2, 0) is 0 Å². The van der Waals surface area contributed by atoms with E-state index in [4.69, 9.17) is 10.0 Å². The third-order valence-corrected chi connectivity index (χ3v) is 2.65. The van der Waals surface area contributed by atoms with Crippen molar-refractivity contribution >= 4 is 24.3 Å². The summed E-state index contributed by atoms with van der Waals surface area (Å²) >= 11 is 1.29. The topological polar surface area (TPSA) is 40.5 Å². The Morgan fingerprint density at radius 1 is 1.38 bits per heavy atom. The van der Waals surface area contributed by atoms with Crippen LogP contribution < -0.4 is 5.46 Å². The first-order valence-electron chi connectivity index (χ1n) is 3.77. The zero-order valence-electron chi connectivity index (χ0n) is 7.41. The fourth-order valence-corrected chi connectivity index (χ4v) is 1.65. The molecule has 0 saturated carbocycles. The van der Waals surface area contributed by atoms with Gasteiger partial charge in [-0.05, 0) is 30.3 Å². The highest BCUT2D eigenvalue weighted by Gasteiger charge is 2.17. The standard InChI is InChI=1S/C8H10BFO2S/c1-5-6(9(11)12)3-4-7(13-2)8(5)10/h3-4,11-12H,1-2H3. The quantitative estimate of drug-likeness (QED) is 0.540. The van der Waals surface area contributed by atoms with Crippen molar-refractivity contribution in [3.8, 4) is 0 Å². The van der Waals surface area contributed by atoms with Crippen LogP contribution in [0.4, 0.5) is 4.39 Å². The Hall–Kier alpha value is -0.515. The molecule has 0 fully saturated rings. The van der Waals surface area contributed by atoms with E-state index >= 15 is 0 Å². The Morgan fingerprint density at radius 2 is 2.00 bits per heavy atom. The summed E-state index contributed by atoms with van der Waals surface area (Å²) in [6.07, 6.45) is 1.77. The summed E-state index contributed by atoms with van der Waals surface area (Å²) in [6.45, 7) is 1.53. The predicted molar refractivity (Wildman–Crippen MR) is 52.7 cm³/mol. The molecule has 0 aliphatic heterocycles. The third kappa shape index (κ3) is 2.04. The fraction of sp³-hybridized carbons (Fsp3) is 0.250. The molecular weight excluding hydrogens is 190 g/mol. The van der Waals surface area contributed by atoms with Crippen LogP contribution in [0, 0.1) is 12.7 Å². The SMILES string of the molecule is CSc1ccc(B(O)O)c(C)c1F. The molecule has 2 N–H and O–H groups in total. The largest absolute Gasteiger partial charge is 0.488 e. The van der Waals surface area contributed by atoms with E-state index in [1.54, 1.807) is 12.3 Å². The Balaban J connectivity index is 3.23. The van der Waals surface area contributed by atoms with Gasteiger partial charge in [-0.3, -0.25) is 0 Å². The van der Waals surface area contributed by atoms with Crippen LogP contribution in [0.2, 0.25) is 0 Å².